The monoisotopic (exact) mass is 299 g/mol. The molecule has 7 heteroatoms. The van der Waals surface area contributed by atoms with E-state index in [4.69, 9.17) is 5.73 Å². The summed E-state index contributed by atoms with van der Waals surface area (Å²) in [5.74, 6) is 0.215. The minimum Gasteiger partial charge on any atom is -0.369 e. The second kappa shape index (κ2) is 5.97. The van der Waals surface area contributed by atoms with Crippen LogP contribution in [0.3, 0.4) is 0 Å². The molecule has 1 aromatic heterocycles. The largest absolute Gasteiger partial charge is 0.369 e. The summed E-state index contributed by atoms with van der Waals surface area (Å²) >= 11 is 0. The van der Waals surface area contributed by atoms with Crippen molar-refractivity contribution in [2.45, 2.75) is 19.3 Å². The number of nitrogens with one attached hydrogen (secondary N) is 1. The van der Waals surface area contributed by atoms with Gasteiger partial charge in [-0.15, -0.1) is 0 Å². The molecule has 0 radical (unpaired) electrons. The molecule has 0 unspecified atom stereocenters. The van der Waals surface area contributed by atoms with E-state index in [1.165, 1.54) is 6.42 Å². The first-order valence-corrected chi connectivity index (χ1v) is 7.27. The highest BCUT2D eigenvalue weighted by Gasteiger charge is 2.12. The van der Waals surface area contributed by atoms with E-state index >= 15 is 0 Å². The maximum absolute atomic E-state index is 12.2. The normalized spacial score (nSPS) is 16.0. The number of nitrogens with two attached hydrogens (primary N) is 1. The summed E-state index contributed by atoms with van der Waals surface area (Å²) in [6.07, 6.45) is 3.29. The maximum atomic E-state index is 12.2. The number of hydrogen-bond acceptors (Lipinski definition) is 4. The van der Waals surface area contributed by atoms with Crippen LogP contribution in [-0.2, 0) is 0 Å². The van der Waals surface area contributed by atoms with Crippen LogP contribution in [-0.4, -0.2) is 33.9 Å². The molecule has 1 fully saturated rings. The van der Waals surface area contributed by atoms with Crippen molar-refractivity contribution in [3.63, 3.8) is 0 Å². The predicted octanol–water partition coefficient (Wildman–Crippen LogP) is 0.715. The third-order valence-electron chi connectivity index (χ3n) is 3.74. The zero-order valence-corrected chi connectivity index (χ0v) is 12.1. The average Bonchev–Trinajstić information content (AvgIpc) is 2.66. The molecule has 1 aliphatic rings. The molecule has 22 heavy (non-hydrogen) atoms. The first-order valence-electron chi connectivity index (χ1n) is 7.27. The van der Waals surface area contributed by atoms with Crippen LogP contribution in [0.15, 0.2) is 38.8 Å². The molecule has 1 saturated heterocycles. The van der Waals surface area contributed by atoms with E-state index in [1.807, 2.05) is 4.90 Å². The summed E-state index contributed by atoms with van der Waals surface area (Å²) in [4.78, 5) is 36.7. The van der Waals surface area contributed by atoms with Crippen molar-refractivity contribution >= 4 is 22.7 Å². The smallest absolute Gasteiger partial charge is 0.281 e. The highest BCUT2D eigenvalue weighted by molar-refractivity contribution is 5.82. The van der Waals surface area contributed by atoms with Gasteiger partial charge in [0.25, 0.3) is 11.1 Å². The lowest BCUT2D eigenvalue weighted by molar-refractivity contribution is 0.339. The molecule has 7 nitrogen and oxygen atoms in total. The van der Waals surface area contributed by atoms with Crippen LogP contribution in [0, 0.1) is 0 Å². The number of rotatable bonds is 1. The van der Waals surface area contributed by atoms with Crippen LogP contribution in [0.1, 0.15) is 19.3 Å². The summed E-state index contributed by atoms with van der Waals surface area (Å²) in [6, 6.07) is 6.54. The van der Waals surface area contributed by atoms with E-state index in [2.05, 4.69) is 15.0 Å². The summed E-state index contributed by atoms with van der Waals surface area (Å²) < 4.78 is 0. The molecular weight excluding hydrogens is 282 g/mol. The number of guanidine groups is 1. The number of fused-ring (bicyclic) bond motifs is 1. The second-order valence-corrected chi connectivity index (χ2v) is 5.26. The zero-order valence-electron chi connectivity index (χ0n) is 12.1. The van der Waals surface area contributed by atoms with Gasteiger partial charge in [-0.2, -0.15) is 9.98 Å². The Morgan fingerprint density at radius 3 is 2.55 bits per heavy atom. The highest BCUT2D eigenvalue weighted by Crippen LogP contribution is 2.10. The van der Waals surface area contributed by atoms with Crippen LogP contribution in [0.25, 0.3) is 10.8 Å². The number of likely N-dealkylation sites (tertiary alicyclic amines) is 1. The van der Waals surface area contributed by atoms with Gasteiger partial charge >= 0.3 is 0 Å². The van der Waals surface area contributed by atoms with Crippen LogP contribution in [0.2, 0.25) is 0 Å². The van der Waals surface area contributed by atoms with Gasteiger partial charge in [0.15, 0.2) is 5.96 Å². The molecular formula is C15H17N5O2. The second-order valence-electron chi connectivity index (χ2n) is 5.26. The molecule has 1 aromatic carbocycles. The quantitative estimate of drug-likeness (QED) is 0.596. The van der Waals surface area contributed by atoms with E-state index in [-0.39, 0.29) is 22.7 Å². The van der Waals surface area contributed by atoms with Gasteiger partial charge in [-0.25, -0.2) is 0 Å². The minimum atomic E-state index is -0.501. The third-order valence-corrected chi connectivity index (χ3v) is 3.74. The van der Waals surface area contributed by atoms with E-state index in [1.54, 1.807) is 24.3 Å². The molecule has 2 heterocycles. The number of aromatic nitrogens is 2. The van der Waals surface area contributed by atoms with Gasteiger partial charge in [0.1, 0.15) is 0 Å². The lowest BCUT2D eigenvalue weighted by Crippen LogP contribution is -2.40. The van der Waals surface area contributed by atoms with Crippen molar-refractivity contribution < 1.29 is 0 Å². The fraction of sp³-hybridized carbons (Fsp3) is 0.333. The molecule has 3 rings (SSSR count). The first-order chi connectivity index (χ1) is 10.6. The van der Waals surface area contributed by atoms with Crippen molar-refractivity contribution in [2.24, 2.45) is 10.7 Å². The number of nitrogens with zero attached hydrogens (tertiary/aromatic N) is 3. The summed E-state index contributed by atoms with van der Waals surface area (Å²) in [5, 5.41) is 0.555. The Hall–Kier alpha value is -2.70. The highest BCUT2D eigenvalue weighted by atomic mass is 16.1. The van der Waals surface area contributed by atoms with Crippen molar-refractivity contribution in [3.05, 3.63) is 45.0 Å². The van der Waals surface area contributed by atoms with Gasteiger partial charge in [0, 0.05) is 13.1 Å². The van der Waals surface area contributed by atoms with Gasteiger partial charge in [-0.3, -0.25) is 14.6 Å². The Labute approximate surface area is 126 Å². The van der Waals surface area contributed by atoms with Crippen molar-refractivity contribution in [1.82, 2.24) is 14.9 Å². The van der Waals surface area contributed by atoms with E-state index < -0.39 is 11.1 Å². The number of H-pyrrole nitrogens is 1. The Morgan fingerprint density at radius 2 is 1.82 bits per heavy atom. The first kappa shape index (κ1) is 14.2. The fourth-order valence-electron chi connectivity index (χ4n) is 2.58. The predicted molar refractivity (Wildman–Crippen MR) is 85.3 cm³/mol. The van der Waals surface area contributed by atoms with Crippen LogP contribution >= 0.6 is 0 Å². The number of aliphatic imine (C=N–C) groups is 1. The van der Waals surface area contributed by atoms with E-state index in [0.717, 1.165) is 25.9 Å². The Balaban J connectivity index is 2.08. The molecule has 0 saturated carbocycles. The zero-order chi connectivity index (χ0) is 15.5. The molecule has 0 spiro atoms. The summed E-state index contributed by atoms with van der Waals surface area (Å²) in [5.41, 5.74) is 5.05. The van der Waals surface area contributed by atoms with Gasteiger partial charge in [-0.1, -0.05) is 12.1 Å². The third kappa shape index (κ3) is 2.83. The standard InChI is InChI=1S/C15H17N5O2/c16-14(20-8-4-1-5-9-20)19-15-17-12(21)10-6-2-3-7-11(10)13(22)18-15/h2-3,6-7H,1,4-5,8-9H2,(H3,16,17,18,19,21,22). The Kier molecular flexibility index (Phi) is 3.86. The molecule has 0 atom stereocenters. The SMILES string of the molecule is N/C(=N\c1nc(=O)c2ccccc2c(=O)[nH]1)N1CCCCC1. The van der Waals surface area contributed by atoms with Gasteiger partial charge in [-0.05, 0) is 31.4 Å². The van der Waals surface area contributed by atoms with Crippen molar-refractivity contribution in [3.8, 4) is 0 Å². The van der Waals surface area contributed by atoms with Crippen molar-refractivity contribution in [2.75, 3.05) is 13.1 Å². The Bertz CT molecular complexity index is 785. The van der Waals surface area contributed by atoms with E-state index in [9.17, 15) is 9.59 Å². The summed E-state index contributed by atoms with van der Waals surface area (Å²) in [7, 11) is 0. The minimum absolute atomic E-state index is 0.0609. The molecule has 1 aliphatic heterocycles. The van der Waals surface area contributed by atoms with Crippen LogP contribution in [0.5, 0.6) is 0 Å². The number of aromatic amines is 1. The molecule has 114 valence electrons. The fourth-order valence-corrected chi connectivity index (χ4v) is 2.58. The molecule has 0 bridgehead atoms. The molecule has 0 aliphatic carbocycles. The van der Waals surface area contributed by atoms with Crippen LogP contribution in [0.4, 0.5) is 5.95 Å². The number of benzene rings is 1. The molecule has 2 aromatic rings. The van der Waals surface area contributed by atoms with E-state index in [0.29, 0.717) is 0 Å². The summed E-state index contributed by atoms with van der Waals surface area (Å²) in [6.45, 7) is 1.65. The number of piperidine rings is 1. The maximum Gasteiger partial charge on any atom is 0.281 e. The van der Waals surface area contributed by atoms with Gasteiger partial charge < -0.3 is 10.6 Å². The number of hydrogen-bond donors (Lipinski definition) is 2. The van der Waals surface area contributed by atoms with Crippen LogP contribution < -0.4 is 16.9 Å². The van der Waals surface area contributed by atoms with Gasteiger partial charge in [0.05, 0.1) is 10.8 Å². The molecule has 3 N–H and O–H groups in total. The lowest BCUT2D eigenvalue weighted by atomic mass is 10.1. The lowest BCUT2D eigenvalue weighted by Gasteiger charge is -2.27. The topological polar surface area (TPSA) is 104 Å². The average molecular weight is 299 g/mol. The van der Waals surface area contributed by atoms with Crippen molar-refractivity contribution in [1.29, 1.82) is 0 Å². The van der Waals surface area contributed by atoms with Gasteiger partial charge in [0.2, 0.25) is 5.95 Å². The Morgan fingerprint density at radius 1 is 1.14 bits per heavy atom. The molecule has 0 amide bonds.